The maximum Gasteiger partial charge on any atom is 0.416 e. The van der Waals surface area contributed by atoms with Crippen molar-refractivity contribution in [2.45, 2.75) is 18.5 Å². The zero-order chi connectivity index (χ0) is 12.0. The van der Waals surface area contributed by atoms with Gasteiger partial charge in [-0.2, -0.15) is 21.6 Å². The molecule has 88 valence electrons. The molecule has 7 heteroatoms. The van der Waals surface area contributed by atoms with Crippen molar-refractivity contribution in [2.75, 3.05) is 0 Å². The first kappa shape index (κ1) is 11.4. The molecule has 2 rings (SSSR count). The normalized spacial score (nSPS) is 19.2. The second-order valence-electron chi connectivity index (χ2n) is 3.41. The van der Waals surface area contributed by atoms with Crippen LogP contribution in [0.4, 0.5) is 13.2 Å². The van der Waals surface area contributed by atoms with E-state index in [4.69, 9.17) is 0 Å². The standard InChI is InChI=1S/C9H7F3O3S/c10-9(11,12)8-3-1-2-6-5-16(13,14)15-4-7(6)8/h1-3H,4-5H2. The van der Waals surface area contributed by atoms with Gasteiger partial charge in [-0.1, -0.05) is 12.1 Å². The number of hydrogen-bond acceptors (Lipinski definition) is 3. The summed E-state index contributed by atoms with van der Waals surface area (Å²) in [4.78, 5) is 0. The molecule has 0 radical (unpaired) electrons. The van der Waals surface area contributed by atoms with E-state index in [0.29, 0.717) is 0 Å². The Labute approximate surface area is 90.0 Å². The molecule has 1 aliphatic heterocycles. The lowest BCUT2D eigenvalue weighted by Gasteiger charge is -2.20. The molecule has 0 aliphatic carbocycles. The largest absolute Gasteiger partial charge is 0.416 e. The average molecular weight is 252 g/mol. The van der Waals surface area contributed by atoms with E-state index in [2.05, 4.69) is 4.18 Å². The highest BCUT2D eigenvalue weighted by Gasteiger charge is 2.36. The van der Waals surface area contributed by atoms with E-state index in [-0.39, 0.29) is 11.1 Å². The van der Waals surface area contributed by atoms with Crippen molar-refractivity contribution in [3.05, 3.63) is 34.9 Å². The van der Waals surface area contributed by atoms with Gasteiger partial charge in [0, 0.05) is 0 Å². The van der Waals surface area contributed by atoms with Crippen molar-refractivity contribution in [1.82, 2.24) is 0 Å². The number of fused-ring (bicyclic) bond motifs is 1. The van der Waals surface area contributed by atoms with Gasteiger partial charge in [0.1, 0.15) is 5.75 Å². The summed E-state index contributed by atoms with van der Waals surface area (Å²) in [6.45, 7) is -0.548. The van der Waals surface area contributed by atoms with Gasteiger partial charge in [0.15, 0.2) is 0 Å². The molecule has 1 heterocycles. The Morgan fingerprint density at radius 2 is 1.94 bits per heavy atom. The quantitative estimate of drug-likeness (QED) is 0.664. The molecule has 1 aliphatic rings. The van der Waals surface area contributed by atoms with E-state index in [9.17, 15) is 21.6 Å². The van der Waals surface area contributed by atoms with E-state index >= 15 is 0 Å². The van der Waals surface area contributed by atoms with Gasteiger partial charge < -0.3 is 0 Å². The van der Waals surface area contributed by atoms with E-state index in [1.165, 1.54) is 12.1 Å². The predicted octanol–water partition coefficient (Wildman–Crippen LogP) is 2.07. The molecule has 0 N–H and O–H groups in total. The Hall–Kier alpha value is -1.08. The SMILES string of the molecule is O=S1(=O)Cc2cccc(C(F)(F)F)c2CO1. The van der Waals surface area contributed by atoms with Gasteiger partial charge in [-0.05, 0) is 17.2 Å². The third-order valence-electron chi connectivity index (χ3n) is 2.29. The number of rotatable bonds is 0. The van der Waals surface area contributed by atoms with Crippen LogP contribution >= 0.6 is 0 Å². The molecule has 0 saturated heterocycles. The highest BCUT2D eigenvalue weighted by atomic mass is 32.2. The minimum Gasteiger partial charge on any atom is -0.265 e. The average Bonchev–Trinajstić information content (AvgIpc) is 2.13. The Bertz CT molecular complexity index is 519. The fourth-order valence-corrected chi connectivity index (χ4v) is 2.62. The van der Waals surface area contributed by atoms with Crippen molar-refractivity contribution in [2.24, 2.45) is 0 Å². The highest BCUT2D eigenvalue weighted by Crippen LogP contribution is 2.36. The van der Waals surface area contributed by atoms with Crippen molar-refractivity contribution in [1.29, 1.82) is 0 Å². The van der Waals surface area contributed by atoms with Crippen molar-refractivity contribution in [3.63, 3.8) is 0 Å². The molecule has 1 aromatic carbocycles. The number of alkyl halides is 3. The van der Waals surface area contributed by atoms with Crippen LogP contribution < -0.4 is 0 Å². The molecule has 0 aromatic heterocycles. The number of halogens is 3. The zero-order valence-electron chi connectivity index (χ0n) is 7.91. The topological polar surface area (TPSA) is 43.4 Å². The maximum absolute atomic E-state index is 12.6. The molecular formula is C9H7F3O3S. The minimum absolute atomic E-state index is 0.0928. The summed E-state index contributed by atoms with van der Waals surface area (Å²) >= 11 is 0. The van der Waals surface area contributed by atoms with Gasteiger partial charge in [-0.25, -0.2) is 0 Å². The summed E-state index contributed by atoms with van der Waals surface area (Å²) in [6.07, 6.45) is -4.49. The third-order valence-corrected chi connectivity index (χ3v) is 3.44. The predicted molar refractivity (Wildman–Crippen MR) is 48.9 cm³/mol. The van der Waals surface area contributed by atoms with E-state index in [0.717, 1.165) is 6.07 Å². The molecule has 0 atom stereocenters. The van der Waals surface area contributed by atoms with Crippen molar-refractivity contribution < 1.29 is 25.8 Å². The maximum atomic E-state index is 12.6. The van der Waals surface area contributed by atoms with Crippen LogP contribution in [0.3, 0.4) is 0 Å². The van der Waals surface area contributed by atoms with Gasteiger partial charge in [0.2, 0.25) is 0 Å². The first-order chi connectivity index (χ1) is 7.30. The zero-order valence-corrected chi connectivity index (χ0v) is 8.73. The van der Waals surface area contributed by atoms with Crippen LogP contribution in [-0.2, 0) is 32.8 Å². The summed E-state index contributed by atoms with van der Waals surface area (Å²) in [5.74, 6) is -0.508. The Morgan fingerprint density at radius 1 is 1.25 bits per heavy atom. The van der Waals surface area contributed by atoms with E-state index < -0.39 is 34.2 Å². The van der Waals surface area contributed by atoms with E-state index in [1.807, 2.05) is 0 Å². The molecule has 0 saturated carbocycles. The number of hydrogen-bond donors (Lipinski definition) is 0. The van der Waals surface area contributed by atoms with Crippen LogP contribution in [0.2, 0.25) is 0 Å². The monoisotopic (exact) mass is 252 g/mol. The van der Waals surface area contributed by atoms with Crippen LogP contribution in [0.5, 0.6) is 0 Å². The highest BCUT2D eigenvalue weighted by molar-refractivity contribution is 7.85. The molecule has 1 aromatic rings. The summed E-state index contributed by atoms with van der Waals surface area (Å²) in [7, 11) is -3.73. The molecule has 0 unspecified atom stereocenters. The van der Waals surface area contributed by atoms with Crippen molar-refractivity contribution in [3.8, 4) is 0 Å². The molecule has 0 amide bonds. The van der Waals surface area contributed by atoms with Crippen LogP contribution in [0.15, 0.2) is 18.2 Å². The first-order valence-electron chi connectivity index (χ1n) is 4.35. The summed E-state index contributed by atoms with van der Waals surface area (Å²) < 4.78 is 64.2. The van der Waals surface area contributed by atoms with Crippen LogP contribution in [0.1, 0.15) is 16.7 Å². The smallest absolute Gasteiger partial charge is 0.265 e. The minimum atomic E-state index is -4.49. The fraction of sp³-hybridized carbons (Fsp3) is 0.333. The lowest BCUT2D eigenvalue weighted by atomic mass is 10.0. The van der Waals surface area contributed by atoms with Gasteiger partial charge in [0.05, 0.1) is 12.2 Å². The molecule has 0 fully saturated rings. The Kier molecular flexibility index (Phi) is 2.47. The Balaban J connectivity index is 2.55. The van der Waals surface area contributed by atoms with Crippen LogP contribution in [-0.4, -0.2) is 8.42 Å². The summed E-state index contributed by atoms with van der Waals surface area (Å²) in [5.41, 5.74) is -0.772. The molecule has 0 bridgehead atoms. The first-order valence-corrected chi connectivity index (χ1v) is 5.92. The molecule has 0 spiro atoms. The third kappa shape index (κ3) is 2.05. The van der Waals surface area contributed by atoms with Gasteiger partial charge >= 0.3 is 6.18 Å². The lowest BCUT2D eigenvalue weighted by Crippen LogP contribution is -2.21. The molecule has 3 nitrogen and oxygen atoms in total. The summed E-state index contributed by atoms with van der Waals surface area (Å²) in [5, 5.41) is 0. The molecular weight excluding hydrogens is 245 g/mol. The van der Waals surface area contributed by atoms with Gasteiger partial charge in [0.25, 0.3) is 10.1 Å². The molecule has 16 heavy (non-hydrogen) atoms. The lowest BCUT2D eigenvalue weighted by molar-refractivity contribution is -0.138. The number of benzene rings is 1. The van der Waals surface area contributed by atoms with Crippen molar-refractivity contribution >= 4 is 10.1 Å². The van der Waals surface area contributed by atoms with E-state index in [1.54, 1.807) is 0 Å². The van der Waals surface area contributed by atoms with Crippen LogP contribution in [0.25, 0.3) is 0 Å². The van der Waals surface area contributed by atoms with Gasteiger partial charge in [-0.3, -0.25) is 4.18 Å². The fourth-order valence-electron chi connectivity index (χ4n) is 1.59. The van der Waals surface area contributed by atoms with Crippen LogP contribution in [0, 0.1) is 0 Å². The van der Waals surface area contributed by atoms with Gasteiger partial charge in [-0.15, -0.1) is 0 Å². The Morgan fingerprint density at radius 3 is 2.56 bits per heavy atom. The second kappa shape index (κ2) is 3.46. The summed E-state index contributed by atoms with van der Waals surface area (Å²) in [6, 6.07) is 3.48. The second-order valence-corrected chi connectivity index (χ2v) is 5.04.